The molecule has 0 spiro atoms. The first-order valence-corrected chi connectivity index (χ1v) is 8.22. The van der Waals surface area contributed by atoms with Crippen LogP contribution >= 0.6 is 0 Å². The zero-order valence-electron chi connectivity index (χ0n) is 14.6. The summed E-state index contributed by atoms with van der Waals surface area (Å²) in [6.45, 7) is 0. The Morgan fingerprint density at radius 1 is 1.17 bits per heavy atom. The molecule has 1 saturated heterocycles. The number of nitrogens with two attached hydrogens (primary N) is 1. The molecule has 4 N–H and O–H groups in total. The highest BCUT2D eigenvalue weighted by molar-refractivity contribution is 6.09. The van der Waals surface area contributed by atoms with Crippen molar-refractivity contribution in [2.75, 3.05) is 0 Å². The normalized spacial score (nSPS) is 15.8. The van der Waals surface area contributed by atoms with Crippen LogP contribution in [-0.4, -0.2) is 29.1 Å². The topological polar surface area (TPSA) is 128 Å². The fraction of sp³-hybridized carbons (Fsp3) is 0.105. The van der Waals surface area contributed by atoms with Crippen LogP contribution in [-0.2, 0) is 20.7 Å². The second-order valence-corrected chi connectivity index (χ2v) is 6.02. The van der Waals surface area contributed by atoms with Gasteiger partial charge in [0.15, 0.2) is 17.3 Å². The number of carbonyl (C=O) groups excluding carboxylic acids is 2. The third kappa shape index (κ3) is 4.55. The van der Waals surface area contributed by atoms with E-state index in [4.69, 9.17) is 15.6 Å². The van der Waals surface area contributed by atoms with Crippen molar-refractivity contribution in [1.82, 2.24) is 5.32 Å². The third-order valence-electron chi connectivity index (χ3n) is 3.93. The van der Waals surface area contributed by atoms with E-state index in [1.54, 1.807) is 0 Å². The van der Waals surface area contributed by atoms with Gasteiger partial charge in [-0.25, -0.2) is 9.18 Å². The third-order valence-corrected chi connectivity index (χ3v) is 3.93. The summed E-state index contributed by atoms with van der Waals surface area (Å²) in [4.78, 5) is 33.2. The molecule has 150 valence electrons. The molecule has 8 nitrogen and oxygen atoms in total. The Bertz CT molecular complexity index is 1020. The van der Waals surface area contributed by atoms with Gasteiger partial charge in [-0.1, -0.05) is 18.2 Å². The van der Waals surface area contributed by atoms with Gasteiger partial charge in [-0.05, 0) is 35.4 Å². The molecule has 0 aliphatic carbocycles. The number of cyclic esters (lactones) is 1. The minimum absolute atomic E-state index is 0.174. The maximum atomic E-state index is 14.2. The second kappa shape index (κ2) is 8.07. The predicted octanol–water partition coefficient (Wildman–Crippen LogP) is 2.32. The lowest BCUT2D eigenvalue weighted by molar-refractivity contribution is -0.138. The van der Waals surface area contributed by atoms with Crippen LogP contribution in [0.5, 0.6) is 11.5 Å². The number of hydrogen-bond acceptors (Lipinski definition) is 6. The Morgan fingerprint density at radius 2 is 1.86 bits per heavy atom. The Balaban J connectivity index is 1.74. The lowest BCUT2D eigenvalue weighted by Crippen LogP contribution is -2.32. The van der Waals surface area contributed by atoms with Crippen molar-refractivity contribution in [2.24, 2.45) is 5.73 Å². The number of halogens is 2. The minimum atomic E-state index is -1.36. The highest BCUT2D eigenvalue weighted by Gasteiger charge is 2.26. The average molecular weight is 404 g/mol. The lowest BCUT2D eigenvalue weighted by Gasteiger charge is -2.11. The van der Waals surface area contributed by atoms with E-state index in [-0.39, 0.29) is 23.5 Å². The average Bonchev–Trinajstić information content (AvgIpc) is 2.99. The smallest absolute Gasteiger partial charge is 0.419 e. The molecule has 0 bridgehead atoms. The van der Waals surface area contributed by atoms with Gasteiger partial charge in [-0.2, -0.15) is 4.39 Å². The lowest BCUT2D eigenvalue weighted by atomic mass is 10.1. The van der Waals surface area contributed by atoms with Crippen molar-refractivity contribution in [3.05, 3.63) is 64.9 Å². The van der Waals surface area contributed by atoms with Crippen molar-refractivity contribution >= 4 is 24.0 Å². The summed E-state index contributed by atoms with van der Waals surface area (Å²) in [5.41, 5.74) is 5.66. The van der Waals surface area contributed by atoms with Crippen LogP contribution in [0.3, 0.4) is 0 Å². The number of carboxylic acid groups (broad SMARTS) is 1. The molecule has 2 aromatic carbocycles. The molecule has 1 fully saturated rings. The van der Waals surface area contributed by atoms with Crippen LogP contribution in [0.4, 0.5) is 13.6 Å². The van der Waals surface area contributed by atoms with Gasteiger partial charge >= 0.3 is 12.1 Å². The largest absolute Gasteiger partial charge is 0.480 e. The first-order chi connectivity index (χ1) is 13.7. The summed E-state index contributed by atoms with van der Waals surface area (Å²) in [5.74, 6) is -4.92. The molecule has 10 heteroatoms. The summed E-state index contributed by atoms with van der Waals surface area (Å²) in [7, 11) is 0. The van der Waals surface area contributed by atoms with E-state index in [9.17, 15) is 23.2 Å². The molecule has 1 aliphatic heterocycles. The van der Waals surface area contributed by atoms with Crippen LogP contribution in [0, 0.1) is 11.6 Å². The second-order valence-electron chi connectivity index (χ2n) is 6.02. The molecule has 1 unspecified atom stereocenters. The SMILES string of the molecule is NC(Cc1ccc(Oc2ccc(/C=C3/OC(=O)NC3=O)cc2)c(F)c1F)C(=O)O. The van der Waals surface area contributed by atoms with E-state index in [0.717, 1.165) is 0 Å². The van der Waals surface area contributed by atoms with E-state index in [0.29, 0.717) is 5.56 Å². The molecule has 3 rings (SSSR count). The Morgan fingerprint density at radius 3 is 2.45 bits per heavy atom. The highest BCUT2D eigenvalue weighted by Crippen LogP contribution is 2.28. The quantitative estimate of drug-likeness (QED) is 0.631. The summed E-state index contributed by atoms with van der Waals surface area (Å²) >= 11 is 0. The molecule has 1 aliphatic rings. The molecule has 2 amide bonds. The number of rotatable bonds is 6. The number of ether oxygens (including phenoxy) is 2. The number of hydrogen-bond donors (Lipinski definition) is 3. The molecule has 0 saturated carbocycles. The number of amides is 2. The summed E-state index contributed by atoms with van der Waals surface area (Å²) < 4.78 is 38.4. The van der Waals surface area contributed by atoms with Crippen LogP contribution < -0.4 is 15.8 Å². The standard InChI is InChI=1S/C19H14F2N2O6/c20-15-10(8-12(22)18(25)26)3-6-13(16(15)21)28-11-4-1-9(2-5-11)7-14-17(24)23-19(27)29-14/h1-7,12H,8,22H2,(H,25,26)(H,23,24,27)/b14-7+. The monoisotopic (exact) mass is 404 g/mol. The number of benzene rings is 2. The maximum Gasteiger partial charge on any atom is 0.419 e. The Labute approximate surface area is 162 Å². The van der Waals surface area contributed by atoms with E-state index in [1.165, 1.54) is 42.5 Å². The number of carboxylic acids is 1. The Kier molecular flexibility index (Phi) is 5.55. The van der Waals surface area contributed by atoms with Gasteiger partial charge in [0.25, 0.3) is 5.91 Å². The van der Waals surface area contributed by atoms with Gasteiger partial charge in [0, 0.05) is 6.42 Å². The molecule has 2 aromatic rings. The number of aliphatic carboxylic acids is 1. The van der Waals surface area contributed by atoms with E-state index >= 15 is 0 Å². The van der Waals surface area contributed by atoms with Crippen molar-refractivity contribution in [3.63, 3.8) is 0 Å². The Hall–Kier alpha value is -3.79. The van der Waals surface area contributed by atoms with Gasteiger partial charge in [-0.3, -0.25) is 14.9 Å². The molecule has 1 heterocycles. The number of imide groups is 1. The molecular weight excluding hydrogens is 390 g/mol. The van der Waals surface area contributed by atoms with Crippen LogP contribution in [0.1, 0.15) is 11.1 Å². The van der Waals surface area contributed by atoms with Crippen molar-refractivity contribution in [1.29, 1.82) is 0 Å². The van der Waals surface area contributed by atoms with Gasteiger partial charge in [0.2, 0.25) is 5.82 Å². The van der Waals surface area contributed by atoms with Gasteiger partial charge in [-0.15, -0.1) is 0 Å². The molecule has 29 heavy (non-hydrogen) atoms. The number of alkyl carbamates (subject to hydrolysis) is 1. The van der Waals surface area contributed by atoms with E-state index in [1.807, 2.05) is 5.32 Å². The maximum absolute atomic E-state index is 14.2. The summed E-state index contributed by atoms with van der Waals surface area (Å²) in [6, 6.07) is 6.90. The van der Waals surface area contributed by atoms with Crippen molar-refractivity contribution < 1.29 is 37.7 Å². The first kappa shape index (κ1) is 20.0. The predicted molar refractivity (Wildman–Crippen MR) is 94.8 cm³/mol. The fourth-order valence-electron chi connectivity index (χ4n) is 2.46. The van der Waals surface area contributed by atoms with Crippen molar-refractivity contribution in [3.8, 4) is 11.5 Å². The van der Waals surface area contributed by atoms with Crippen molar-refractivity contribution in [2.45, 2.75) is 12.5 Å². The van der Waals surface area contributed by atoms with Crippen LogP contribution in [0.15, 0.2) is 42.2 Å². The molecule has 0 radical (unpaired) electrons. The van der Waals surface area contributed by atoms with Gasteiger partial charge in [0.05, 0.1) is 0 Å². The highest BCUT2D eigenvalue weighted by atomic mass is 19.2. The van der Waals surface area contributed by atoms with Crippen LogP contribution in [0.25, 0.3) is 6.08 Å². The molecular formula is C19H14F2N2O6. The summed E-state index contributed by atoms with van der Waals surface area (Å²) in [5, 5.41) is 10.7. The summed E-state index contributed by atoms with van der Waals surface area (Å²) in [6.07, 6.45) is 0.0800. The zero-order chi connectivity index (χ0) is 21.1. The fourth-order valence-corrected chi connectivity index (χ4v) is 2.46. The van der Waals surface area contributed by atoms with Gasteiger partial charge in [0.1, 0.15) is 11.8 Å². The first-order valence-electron chi connectivity index (χ1n) is 8.22. The van der Waals surface area contributed by atoms with Crippen LogP contribution in [0.2, 0.25) is 0 Å². The molecule has 1 atom stereocenters. The van der Waals surface area contributed by atoms with Gasteiger partial charge < -0.3 is 20.3 Å². The number of carbonyl (C=O) groups is 3. The molecule has 0 aromatic heterocycles. The van der Waals surface area contributed by atoms with E-state index in [2.05, 4.69) is 4.74 Å². The van der Waals surface area contributed by atoms with E-state index < -0.39 is 41.4 Å². The number of nitrogens with one attached hydrogen (secondary N) is 1. The minimum Gasteiger partial charge on any atom is -0.480 e. The zero-order valence-corrected chi connectivity index (χ0v) is 14.6.